The summed E-state index contributed by atoms with van der Waals surface area (Å²) in [4.78, 5) is 20.4. The molecule has 15 heavy (non-hydrogen) atoms. The van der Waals surface area contributed by atoms with E-state index in [1.54, 1.807) is 17.9 Å². The highest BCUT2D eigenvalue weighted by Gasteiger charge is 2.09. The van der Waals surface area contributed by atoms with E-state index < -0.39 is 0 Å². The van der Waals surface area contributed by atoms with Crippen LogP contribution in [0.15, 0.2) is 24.1 Å². The molecule has 2 rings (SSSR count). The molecule has 0 aliphatic rings. The zero-order chi connectivity index (χ0) is 10.7. The van der Waals surface area contributed by atoms with Crippen LogP contribution in [0.25, 0.3) is 0 Å². The van der Waals surface area contributed by atoms with E-state index in [-0.39, 0.29) is 5.78 Å². The number of aromatic nitrogens is 3. The number of hydrogen-bond donors (Lipinski definition) is 0. The minimum Gasteiger partial charge on any atom is -0.338 e. The first-order valence-corrected chi connectivity index (χ1v) is 5.53. The van der Waals surface area contributed by atoms with Gasteiger partial charge in [-0.1, -0.05) is 0 Å². The summed E-state index contributed by atoms with van der Waals surface area (Å²) in [5, 5.41) is 0. The Morgan fingerprint density at radius 1 is 1.60 bits per heavy atom. The van der Waals surface area contributed by atoms with Gasteiger partial charge in [0.1, 0.15) is 5.82 Å². The topological polar surface area (TPSA) is 47.8 Å². The number of hydrogen-bond acceptors (Lipinski definition) is 4. The van der Waals surface area contributed by atoms with Crippen LogP contribution in [-0.2, 0) is 13.5 Å². The Morgan fingerprint density at radius 2 is 2.47 bits per heavy atom. The highest BCUT2D eigenvalue weighted by molar-refractivity contribution is 7.11. The summed E-state index contributed by atoms with van der Waals surface area (Å²) >= 11 is 1.38. The maximum atomic E-state index is 11.6. The first kappa shape index (κ1) is 10.0. The monoisotopic (exact) mass is 221 g/mol. The Hall–Kier alpha value is -1.49. The van der Waals surface area contributed by atoms with Gasteiger partial charge in [0, 0.05) is 38.5 Å². The Labute approximate surface area is 91.6 Å². The molecule has 0 aliphatic carbocycles. The van der Waals surface area contributed by atoms with Gasteiger partial charge in [-0.2, -0.15) is 0 Å². The zero-order valence-corrected chi connectivity index (χ0v) is 9.20. The van der Waals surface area contributed by atoms with Crippen molar-refractivity contribution in [1.29, 1.82) is 0 Å². The highest BCUT2D eigenvalue weighted by atomic mass is 32.1. The molecule has 0 unspecified atom stereocenters. The number of thiazole rings is 1. The molecule has 0 atom stereocenters. The van der Waals surface area contributed by atoms with Crippen molar-refractivity contribution in [2.24, 2.45) is 7.05 Å². The molecule has 0 fully saturated rings. The number of nitrogens with zero attached hydrogens (tertiary/aromatic N) is 3. The van der Waals surface area contributed by atoms with Crippen molar-refractivity contribution in [3.63, 3.8) is 0 Å². The van der Waals surface area contributed by atoms with E-state index >= 15 is 0 Å². The van der Waals surface area contributed by atoms with E-state index in [4.69, 9.17) is 0 Å². The molecule has 0 saturated heterocycles. The predicted octanol–water partition coefficient (Wildman–Crippen LogP) is 1.69. The highest BCUT2D eigenvalue weighted by Crippen LogP contribution is 2.10. The van der Waals surface area contributed by atoms with Crippen LogP contribution in [-0.4, -0.2) is 20.3 Å². The number of ketones is 1. The van der Waals surface area contributed by atoms with Gasteiger partial charge in [0.2, 0.25) is 0 Å². The zero-order valence-electron chi connectivity index (χ0n) is 8.38. The summed E-state index contributed by atoms with van der Waals surface area (Å²) in [7, 11) is 1.93. The molecular weight excluding hydrogens is 210 g/mol. The Balaban J connectivity index is 1.95. The summed E-state index contributed by atoms with van der Waals surface area (Å²) in [6.45, 7) is 0. The van der Waals surface area contributed by atoms with Crippen molar-refractivity contribution in [2.45, 2.75) is 12.8 Å². The van der Waals surface area contributed by atoms with E-state index in [9.17, 15) is 4.79 Å². The van der Waals surface area contributed by atoms with Crippen molar-refractivity contribution in [3.05, 3.63) is 34.8 Å². The largest absolute Gasteiger partial charge is 0.338 e. The van der Waals surface area contributed by atoms with Crippen molar-refractivity contribution < 1.29 is 4.79 Å². The molecule has 2 heterocycles. The number of carbonyl (C=O) groups is 1. The Morgan fingerprint density at radius 3 is 3.07 bits per heavy atom. The lowest BCUT2D eigenvalue weighted by molar-refractivity contribution is 0.0985. The van der Waals surface area contributed by atoms with Crippen LogP contribution in [0, 0.1) is 0 Å². The van der Waals surface area contributed by atoms with Crippen LogP contribution in [0.2, 0.25) is 0 Å². The second-order valence-electron chi connectivity index (χ2n) is 3.24. The lowest BCUT2D eigenvalue weighted by Gasteiger charge is -1.99. The van der Waals surface area contributed by atoms with Crippen molar-refractivity contribution in [2.75, 3.05) is 0 Å². The van der Waals surface area contributed by atoms with E-state index in [0.29, 0.717) is 12.8 Å². The van der Waals surface area contributed by atoms with Gasteiger partial charge in [-0.15, -0.1) is 11.3 Å². The molecule has 0 aliphatic heterocycles. The normalized spacial score (nSPS) is 10.5. The average molecular weight is 221 g/mol. The van der Waals surface area contributed by atoms with E-state index in [1.807, 2.05) is 17.8 Å². The molecular formula is C10H11N3OS. The fourth-order valence-electron chi connectivity index (χ4n) is 1.34. The van der Waals surface area contributed by atoms with Gasteiger partial charge in [-0.05, 0) is 0 Å². The van der Waals surface area contributed by atoms with Gasteiger partial charge in [-0.25, -0.2) is 4.98 Å². The number of aryl methyl sites for hydroxylation is 2. The molecule has 5 heteroatoms. The third-order valence-electron chi connectivity index (χ3n) is 2.20. The second-order valence-corrected chi connectivity index (χ2v) is 4.13. The number of rotatable bonds is 4. The lowest BCUT2D eigenvalue weighted by Crippen LogP contribution is -2.03. The van der Waals surface area contributed by atoms with E-state index in [2.05, 4.69) is 9.97 Å². The SMILES string of the molecule is Cn1ccnc1CCC(=O)c1cncs1. The predicted molar refractivity (Wildman–Crippen MR) is 58.0 cm³/mol. The Bertz CT molecular complexity index is 447. The quantitative estimate of drug-likeness (QED) is 0.738. The van der Waals surface area contributed by atoms with E-state index in [0.717, 1.165) is 10.7 Å². The Kier molecular flexibility index (Phi) is 2.91. The molecule has 0 aromatic carbocycles. The summed E-state index contributed by atoms with van der Waals surface area (Å²) in [6, 6.07) is 0. The average Bonchev–Trinajstić information content (AvgIpc) is 2.85. The van der Waals surface area contributed by atoms with Crippen molar-refractivity contribution >= 4 is 17.1 Å². The summed E-state index contributed by atoms with van der Waals surface area (Å²) in [5.74, 6) is 1.08. The van der Waals surface area contributed by atoms with E-state index in [1.165, 1.54) is 11.3 Å². The molecule has 0 spiro atoms. The molecule has 0 radical (unpaired) electrons. The lowest BCUT2D eigenvalue weighted by atomic mass is 10.2. The van der Waals surface area contributed by atoms with Crippen LogP contribution in [0.4, 0.5) is 0 Å². The van der Waals surface area contributed by atoms with Gasteiger partial charge < -0.3 is 4.57 Å². The summed E-state index contributed by atoms with van der Waals surface area (Å²) in [5.41, 5.74) is 1.67. The summed E-state index contributed by atoms with van der Waals surface area (Å²) < 4.78 is 1.93. The summed E-state index contributed by atoms with van der Waals surface area (Å²) in [6.07, 6.45) is 6.41. The minimum atomic E-state index is 0.139. The minimum absolute atomic E-state index is 0.139. The molecule has 0 amide bonds. The molecule has 78 valence electrons. The molecule has 0 bridgehead atoms. The number of carbonyl (C=O) groups excluding carboxylic acids is 1. The second kappa shape index (κ2) is 4.35. The van der Waals surface area contributed by atoms with Crippen molar-refractivity contribution in [1.82, 2.24) is 14.5 Å². The van der Waals surface area contributed by atoms with Gasteiger partial charge >= 0.3 is 0 Å². The van der Waals surface area contributed by atoms with Gasteiger partial charge in [-0.3, -0.25) is 9.78 Å². The standard InChI is InChI=1S/C10H11N3OS/c1-13-5-4-12-10(13)3-2-8(14)9-6-11-7-15-9/h4-7H,2-3H2,1H3. The van der Waals surface area contributed by atoms with Crippen molar-refractivity contribution in [3.8, 4) is 0 Å². The van der Waals surface area contributed by atoms with Crippen LogP contribution < -0.4 is 0 Å². The molecule has 0 saturated carbocycles. The molecule has 2 aromatic rings. The third kappa shape index (κ3) is 2.30. The van der Waals surface area contributed by atoms with Crippen LogP contribution in [0.5, 0.6) is 0 Å². The number of imidazole rings is 1. The van der Waals surface area contributed by atoms with Gasteiger partial charge in [0.15, 0.2) is 5.78 Å². The van der Waals surface area contributed by atoms with Crippen LogP contribution in [0.3, 0.4) is 0 Å². The molecule has 4 nitrogen and oxygen atoms in total. The maximum Gasteiger partial charge on any atom is 0.174 e. The van der Waals surface area contributed by atoms with Crippen LogP contribution in [0.1, 0.15) is 21.9 Å². The smallest absolute Gasteiger partial charge is 0.174 e. The molecule has 0 N–H and O–H groups in total. The van der Waals surface area contributed by atoms with Gasteiger partial charge in [0.05, 0.1) is 10.4 Å². The third-order valence-corrected chi connectivity index (χ3v) is 3.02. The first-order valence-electron chi connectivity index (χ1n) is 4.65. The first-order chi connectivity index (χ1) is 7.27. The molecule has 2 aromatic heterocycles. The maximum absolute atomic E-state index is 11.6. The van der Waals surface area contributed by atoms with Crippen LogP contribution >= 0.6 is 11.3 Å². The van der Waals surface area contributed by atoms with Gasteiger partial charge in [0.25, 0.3) is 0 Å². The fraction of sp³-hybridized carbons (Fsp3) is 0.300. The fourth-order valence-corrected chi connectivity index (χ4v) is 1.93. The number of Topliss-reactive ketones (excluding diaryl/α,β-unsaturated/α-hetero) is 1.